The molecule has 0 saturated heterocycles. The maximum atomic E-state index is 12.6. The zero-order valence-electron chi connectivity index (χ0n) is 11.7. The molecule has 0 heterocycles. The predicted molar refractivity (Wildman–Crippen MR) is 81.7 cm³/mol. The molecule has 0 aliphatic carbocycles. The van der Waals surface area contributed by atoms with Crippen molar-refractivity contribution >= 4 is 27.2 Å². The second-order valence-corrected chi connectivity index (χ2v) is 7.30. The Balaban J connectivity index is 3.16. The van der Waals surface area contributed by atoms with Gasteiger partial charge in [0.05, 0.1) is 9.88 Å². The van der Waals surface area contributed by atoms with Gasteiger partial charge in [0, 0.05) is 19.5 Å². The van der Waals surface area contributed by atoms with Gasteiger partial charge in [-0.3, -0.25) is 0 Å². The van der Waals surface area contributed by atoms with Gasteiger partial charge in [0.1, 0.15) is 0 Å². The number of nitrogens with two attached hydrogens (primary N) is 1. The third-order valence-electron chi connectivity index (χ3n) is 3.12. The van der Waals surface area contributed by atoms with Crippen LogP contribution in [-0.4, -0.2) is 30.8 Å². The zero-order chi connectivity index (χ0) is 14.8. The first-order valence-electron chi connectivity index (χ1n) is 6.00. The van der Waals surface area contributed by atoms with Crippen molar-refractivity contribution in [2.45, 2.75) is 38.1 Å². The van der Waals surface area contributed by atoms with E-state index < -0.39 is 10.0 Å². The lowest BCUT2D eigenvalue weighted by molar-refractivity contribution is 0.396. The van der Waals surface area contributed by atoms with Gasteiger partial charge in [-0.25, -0.2) is 8.42 Å². The van der Waals surface area contributed by atoms with Crippen LogP contribution in [-0.2, 0) is 10.0 Å². The fraction of sp³-hybridized carbons (Fsp3) is 0.462. The van der Waals surface area contributed by atoms with Crippen LogP contribution in [0.5, 0.6) is 0 Å². The van der Waals surface area contributed by atoms with E-state index in [9.17, 15) is 8.42 Å². The highest BCUT2D eigenvalue weighted by Crippen LogP contribution is 2.22. The molecule has 19 heavy (non-hydrogen) atoms. The van der Waals surface area contributed by atoms with E-state index in [4.69, 9.17) is 18.0 Å². The first-order chi connectivity index (χ1) is 8.66. The Morgan fingerprint density at radius 3 is 2.53 bits per heavy atom. The van der Waals surface area contributed by atoms with Crippen LogP contribution in [0.15, 0.2) is 23.1 Å². The SMILES string of the molecule is Cc1ccc(C)c(S(=O)(=O)N(C)C(C)CC(N)=S)c1. The Bertz CT molecular complexity index is 582. The largest absolute Gasteiger partial charge is 0.393 e. The van der Waals surface area contributed by atoms with Crippen LogP contribution >= 0.6 is 12.2 Å². The second-order valence-electron chi connectivity index (χ2n) is 4.81. The van der Waals surface area contributed by atoms with Gasteiger partial charge in [-0.1, -0.05) is 24.4 Å². The summed E-state index contributed by atoms with van der Waals surface area (Å²) >= 11 is 4.83. The number of aryl methyl sites for hydroxylation is 2. The van der Waals surface area contributed by atoms with Gasteiger partial charge in [-0.2, -0.15) is 4.31 Å². The summed E-state index contributed by atoms with van der Waals surface area (Å²) < 4.78 is 26.5. The summed E-state index contributed by atoms with van der Waals surface area (Å²) in [6.07, 6.45) is 0.371. The van der Waals surface area contributed by atoms with Crippen LogP contribution in [0, 0.1) is 13.8 Å². The average Bonchev–Trinajstić information content (AvgIpc) is 2.30. The van der Waals surface area contributed by atoms with Crippen molar-refractivity contribution in [3.63, 3.8) is 0 Å². The molecule has 0 aromatic heterocycles. The van der Waals surface area contributed by atoms with Crippen LogP contribution in [0.4, 0.5) is 0 Å². The van der Waals surface area contributed by atoms with Gasteiger partial charge in [0.2, 0.25) is 10.0 Å². The fourth-order valence-corrected chi connectivity index (χ4v) is 3.71. The molecular weight excluding hydrogens is 280 g/mol. The molecule has 4 nitrogen and oxygen atoms in total. The Hall–Kier alpha value is -0.980. The minimum atomic E-state index is -3.52. The topological polar surface area (TPSA) is 63.4 Å². The molecule has 1 atom stereocenters. The molecule has 1 rings (SSSR count). The normalized spacial score (nSPS) is 13.5. The van der Waals surface area contributed by atoms with Crippen molar-refractivity contribution < 1.29 is 8.42 Å². The molecule has 0 bridgehead atoms. The molecule has 1 unspecified atom stereocenters. The highest BCUT2D eigenvalue weighted by Gasteiger charge is 2.27. The smallest absolute Gasteiger partial charge is 0.243 e. The van der Waals surface area contributed by atoms with Gasteiger partial charge in [0.15, 0.2) is 0 Å². The lowest BCUT2D eigenvalue weighted by Crippen LogP contribution is -2.37. The average molecular weight is 300 g/mol. The van der Waals surface area contributed by atoms with E-state index in [2.05, 4.69) is 0 Å². The zero-order valence-corrected chi connectivity index (χ0v) is 13.3. The predicted octanol–water partition coefficient (Wildman–Crippen LogP) is 1.99. The van der Waals surface area contributed by atoms with Crippen molar-refractivity contribution in [3.05, 3.63) is 29.3 Å². The van der Waals surface area contributed by atoms with Crippen molar-refractivity contribution in [1.82, 2.24) is 4.31 Å². The van der Waals surface area contributed by atoms with Crippen molar-refractivity contribution in [2.24, 2.45) is 5.73 Å². The summed E-state index contributed by atoms with van der Waals surface area (Å²) in [7, 11) is -1.96. The number of thiocarbonyl (C=S) groups is 1. The third kappa shape index (κ3) is 3.75. The van der Waals surface area contributed by atoms with Crippen LogP contribution < -0.4 is 5.73 Å². The maximum absolute atomic E-state index is 12.6. The fourth-order valence-electron chi connectivity index (χ4n) is 1.80. The van der Waals surface area contributed by atoms with Gasteiger partial charge in [-0.15, -0.1) is 0 Å². The number of benzene rings is 1. The van der Waals surface area contributed by atoms with Crippen molar-refractivity contribution in [3.8, 4) is 0 Å². The maximum Gasteiger partial charge on any atom is 0.243 e. The molecule has 0 fully saturated rings. The summed E-state index contributed by atoms with van der Waals surface area (Å²) in [5.74, 6) is 0. The van der Waals surface area contributed by atoms with E-state index in [1.807, 2.05) is 19.1 Å². The second kappa shape index (κ2) is 5.98. The number of hydrogen-bond acceptors (Lipinski definition) is 3. The number of hydrogen-bond donors (Lipinski definition) is 1. The molecular formula is C13H20N2O2S2. The standard InChI is InChI=1S/C13H20N2O2S2/c1-9-5-6-10(2)12(7-9)19(16,17)15(4)11(3)8-13(14)18/h5-7,11H,8H2,1-4H3,(H2,14,18). The minimum absolute atomic E-state index is 0.262. The summed E-state index contributed by atoms with van der Waals surface area (Å²) in [5.41, 5.74) is 7.13. The van der Waals surface area contributed by atoms with E-state index in [0.717, 1.165) is 11.1 Å². The minimum Gasteiger partial charge on any atom is -0.393 e. The Morgan fingerprint density at radius 2 is 2.00 bits per heavy atom. The first kappa shape index (κ1) is 16.1. The van der Waals surface area contributed by atoms with Crippen LogP contribution in [0.2, 0.25) is 0 Å². The van der Waals surface area contributed by atoms with Crippen molar-refractivity contribution in [2.75, 3.05) is 7.05 Å². The monoisotopic (exact) mass is 300 g/mol. The highest BCUT2D eigenvalue weighted by atomic mass is 32.2. The highest BCUT2D eigenvalue weighted by molar-refractivity contribution is 7.89. The Kier molecular flexibility index (Phi) is 5.06. The van der Waals surface area contributed by atoms with Gasteiger partial charge in [-0.05, 0) is 38.0 Å². The van der Waals surface area contributed by atoms with Crippen molar-refractivity contribution in [1.29, 1.82) is 0 Å². The molecule has 2 N–H and O–H groups in total. The summed E-state index contributed by atoms with van der Waals surface area (Å²) in [6.45, 7) is 5.46. The third-order valence-corrected chi connectivity index (χ3v) is 5.40. The number of rotatable bonds is 5. The molecule has 0 aliphatic heterocycles. The molecule has 0 radical (unpaired) electrons. The Morgan fingerprint density at radius 1 is 1.42 bits per heavy atom. The molecule has 0 spiro atoms. The Labute approximate surface area is 120 Å². The molecule has 0 amide bonds. The number of sulfonamides is 1. The summed E-state index contributed by atoms with van der Waals surface area (Å²) in [6, 6.07) is 5.14. The first-order valence-corrected chi connectivity index (χ1v) is 7.84. The van der Waals surface area contributed by atoms with Crippen LogP contribution in [0.3, 0.4) is 0 Å². The lowest BCUT2D eigenvalue weighted by atomic mass is 10.2. The van der Waals surface area contributed by atoms with E-state index in [1.165, 1.54) is 4.31 Å². The van der Waals surface area contributed by atoms with E-state index in [-0.39, 0.29) is 6.04 Å². The number of nitrogens with zero attached hydrogens (tertiary/aromatic N) is 1. The summed E-state index contributed by atoms with van der Waals surface area (Å²) in [5, 5.41) is 0. The molecule has 1 aromatic rings. The van der Waals surface area contributed by atoms with Crippen LogP contribution in [0.25, 0.3) is 0 Å². The molecule has 6 heteroatoms. The van der Waals surface area contributed by atoms with Gasteiger partial charge < -0.3 is 5.73 Å². The summed E-state index contributed by atoms with van der Waals surface area (Å²) in [4.78, 5) is 0.653. The van der Waals surface area contributed by atoms with E-state index in [0.29, 0.717) is 16.3 Å². The van der Waals surface area contributed by atoms with Gasteiger partial charge in [0.25, 0.3) is 0 Å². The quantitative estimate of drug-likeness (QED) is 0.845. The lowest BCUT2D eigenvalue weighted by Gasteiger charge is -2.24. The van der Waals surface area contributed by atoms with Crippen LogP contribution in [0.1, 0.15) is 24.5 Å². The molecule has 0 aliphatic rings. The molecule has 106 valence electrons. The molecule has 0 saturated carbocycles. The molecule has 1 aromatic carbocycles. The van der Waals surface area contributed by atoms with E-state index in [1.54, 1.807) is 27.0 Å². The van der Waals surface area contributed by atoms with Gasteiger partial charge >= 0.3 is 0 Å². The van der Waals surface area contributed by atoms with E-state index >= 15 is 0 Å².